The molecule has 1 aliphatic rings. The average molecular weight is 167 g/mol. The van der Waals surface area contributed by atoms with Crippen molar-refractivity contribution in [2.45, 2.75) is 52.9 Å². The van der Waals surface area contributed by atoms with Gasteiger partial charge >= 0.3 is 0 Å². The molecule has 0 aliphatic heterocycles. The Labute approximate surface area is 77.7 Å². The molecule has 0 spiro atoms. The summed E-state index contributed by atoms with van der Waals surface area (Å²) in [6.07, 6.45) is 9.49. The van der Waals surface area contributed by atoms with Crippen LogP contribution in [0.1, 0.15) is 52.9 Å². The molecule has 0 N–H and O–H groups in total. The largest absolute Gasteiger partial charge is 0.0623 e. The van der Waals surface area contributed by atoms with E-state index in [2.05, 4.69) is 27.2 Å². The summed E-state index contributed by atoms with van der Waals surface area (Å²) in [6.45, 7) is 7.05. The second-order valence-electron chi connectivity index (χ2n) is 4.51. The van der Waals surface area contributed by atoms with Crippen molar-refractivity contribution in [2.24, 2.45) is 17.8 Å². The maximum Gasteiger partial charge on any atom is -0.0386 e. The van der Waals surface area contributed by atoms with E-state index in [-0.39, 0.29) is 0 Å². The van der Waals surface area contributed by atoms with Gasteiger partial charge in [-0.15, -0.1) is 0 Å². The van der Waals surface area contributed by atoms with Crippen LogP contribution in [0, 0.1) is 24.2 Å². The maximum atomic E-state index is 2.45. The summed E-state index contributed by atoms with van der Waals surface area (Å²) < 4.78 is 0. The second kappa shape index (κ2) is 4.89. The Morgan fingerprint density at radius 1 is 1.25 bits per heavy atom. The molecule has 0 nitrogen and oxygen atoms in total. The summed E-state index contributed by atoms with van der Waals surface area (Å²) in [5, 5.41) is 0. The first kappa shape index (κ1) is 10.1. The van der Waals surface area contributed by atoms with Gasteiger partial charge in [0.05, 0.1) is 0 Å². The molecule has 3 atom stereocenters. The number of unbranched alkanes of at least 4 members (excludes halogenated alkanes) is 1. The predicted octanol–water partition coefficient (Wildman–Crippen LogP) is 4.06. The van der Waals surface area contributed by atoms with Crippen molar-refractivity contribution in [3.63, 3.8) is 0 Å². The highest BCUT2D eigenvalue weighted by Gasteiger charge is 2.25. The van der Waals surface area contributed by atoms with Crippen LogP contribution in [0.4, 0.5) is 0 Å². The highest BCUT2D eigenvalue weighted by molar-refractivity contribution is 4.78. The van der Waals surface area contributed by atoms with Crippen molar-refractivity contribution in [1.82, 2.24) is 0 Å². The van der Waals surface area contributed by atoms with E-state index in [0.717, 1.165) is 17.8 Å². The summed E-state index contributed by atoms with van der Waals surface area (Å²) in [7, 11) is 0. The fourth-order valence-corrected chi connectivity index (χ4v) is 2.48. The van der Waals surface area contributed by atoms with Gasteiger partial charge < -0.3 is 0 Å². The molecule has 1 fully saturated rings. The lowest BCUT2D eigenvalue weighted by Gasteiger charge is -2.34. The molecule has 3 unspecified atom stereocenters. The fraction of sp³-hybridized carbons (Fsp3) is 0.917. The van der Waals surface area contributed by atoms with Crippen molar-refractivity contribution in [3.8, 4) is 0 Å². The van der Waals surface area contributed by atoms with Gasteiger partial charge in [-0.05, 0) is 30.6 Å². The predicted molar refractivity (Wildman–Crippen MR) is 54.9 cm³/mol. The van der Waals surface area contributed by atoms with E-state index in [4.69, 9.17) is 0 Å². The molecule has 0 aromatic rings. The van der Waals surface area contributed by atoms with Gasteiger partial charge in [0.15, 0.2) is 0 Å². The second-order valence-corrected chi connectivity index (χ2v) is 4.51. The van der Waals surface area contributed by atoms with Crippen molar-refractivity contribution in [3.05, 3.63) is 6.42 Å². The Kier molecular flexibility index (Phi) is 4.11. The van der Waals surface area contributed by atoms with E-state index in [9.17, 15) is 0 Å². The van der Waals surface area contributed by atoms with Crippen LogP contribution in [0.3, 0.4) is 0 Å². The summed E-state index contributed by atoms with van der Waals surface area (Å²) in [4.78, 5) is 0. The van der Waals surface area contributed by atoms with Crippen LogP contribution in [0.15, 0.2) is 0 Å². The third kappa shape index (κ3) is 2.50. The quantitative estimate of drug-likeness (QED) is 0.594. The minimum Gasteiger partial charge on any atom is -0.0623 e. The molecule has 0 aromatic carbocycles. The van der Waals surface area contributed by atoms with Crippen molar-refractivity contribution >= 4 is 0 Å². The molecule has 1 rings (SSSR count). The van der Waals surface area contributed by atoms with Crippen LogP contribution in [-0.2, 0) is 0 Å². The van der Waals surface area contributed by atoms with Crippen LogP contribution in [-0.4, -0.2) is 0 Å². The van der Waals surface area contributed by atoms with E-state index < -0.39 is 0 Å². The molecule has 0 heteroatoms. The van der Waals surface area contributed by atoms with Gasteiger partial charge in [0.25, 0.3) is 0 Å². The summed E-state index contributed by atoms with van der Waals surface area (Å²) >= 11 is 0. The van der Waals surface area contributed by atoms with Crippen LogP contribution < -0.4 is 0 Å². The molecule has 0 saturated heterocycles. The Morgan fingerprint density at radius 3 is 2.67 bits per heavy atom. The van der Waals surface area contributed by atoms with Crippen molar-refractivity contribution < 1.29 is 0 Å². The lowest BCUT2D eigenvalue weighted by Crippen LogP contribution is -2.23. The molecular weight excluding hydrogens is 144 g/mol. The van der Waals surface area contributed by atoms with Gasteiger partial charge in [-0.1, -0.05) is 46.5 Å². The molecule has 71 valence electrons. The van der Waals surface area contributed by atoms with Gasteiger partial charge in [-0.3, -0.25) is 0 Å². The fourth-order valence-electron chi connectivity index (χ4n) is 2.48. The van der Waals surface area contributed by atoms with E-state index in [1.165, 1.54) is 32.1 Å². The van der Waals surface area contributed by atoms with E-state index in [1.807, 2.05) is 0 Å². The van der Waals surface area contributed by atoms with Crippen molar-refractivity contribution in [1.29, 1.82) is 0 Å². The molecule has 1 radical (unpaired) electrons. The summed E-state index contributed by atoms with van der Waals surface area (Å²) in [5.74, 6) is 2.96. The summed E-state index contributed by atoms with van der Waals surface area (Å²) in [5.41, 5.74) is 0. The Balaban J connectivity index is 2.30. The molecule has 12 heavy (non-hydrogen) atoms. The molecule has 0 bridgehead atoms. The monoisotopic (exact) mass is 167 g/mol. The zero-order valence-electron chi connectivity index (χ0n) is 8.84. The topological polar surface area (TPSA) is 0 Å². The molecule has 0 amide bonds. The standard InChI is InChI=1S/C12H23/c1-4-5-8-12-9-6-7-10(2)11(12)3/h4,10-12H,5-9H2,1-3H3. The number of rotatable bonds is 3. The van der Waals surface area contributed by atoms with Crippen molar-refractivity contribution in [2.75, 3.05) is 0 Å². The minimum atomic E-state index is 0.971. The molecule has 1 aliphatic carbocycles. The Morgan fingerprint density at radius 2 is 2.00 bits per heavy atom. The zero-order valence-corrected chi connectivity index (χ0v) is 8.84. The first-order valence-electron chi connectivity index (χ1n) is 5.53. The third-order valence-electron chi connectivity index (χ3n) is 3.70. The highest BCUT2D eigenvalue weighted by Crippen LogP contribution is 2.36. The zero-order chi connectivity index (χ0) is 8.97. The highest BCUT2D eigenvalue weighted by atomic mass is 14.3. The summed E-state index contributed by atoms with van der Waals surface area (Å²) in [6, 6.07) is 0. The van der Waals surface area contributed by atoms with E-state index >= 15 is 0 Å². The van der Waals surface area contributed by atoms with Crippen LogP contribution in [0.5, 0.6) is 0 Å². The number of hydrogen-bond acceptors (Lipinski definition) is 0. The minimum absolute atomic E-state index is 0.971. The normalized spacial score (nSPS) is 36.8. The van der Waals surface area contributed by atoms with Crippen LogP contribution in [0.25, 0.3) is 0 Å². The Hall–Kier alpha value is 0. The molecule has 1 saturated carbocycles. The molecular formula is C12H23. The van der Waals surface area contributed by atoms with E-state index in [1.54, 1.807) is 0 Å². The first-order valence-corrected chi connectivity index (χ1v) is 5.53. The van der Waals surface area contributed by atoms with Gasteiger partial charge in [-0.25, -0.2) is 0 Å². The first-order chi connectivity index (χ1) is 5.75. The Bertz CT molecular complexity index is 117. The average Bonchev–Trinajstić information content (AvgIpc) is 2.08. The molecule has 0 aromatic heterocycles. The molecule has 0 heterocycles. The lowest BCUT2D eigenvalue weighted by molar-refractivity contribution is 0.173. The van der Waals surface area contributed by atoms with E-state index in [0.29, 0.717) is 0 Å². The SMILES string of the molecule is C[CH]CCC1CCCC(C)C1C. The van der Waals surface area contributed by atoms with Gasteiger partial charge in [0.2, 0.25) is 0 Å². The van der Waals surface area contributed by atoms with Gasteiger partial charge in [-0.2, -0.15) is 0 Å². The number of hydrogen-bond donors (Lipinski definition) is 0. The third-order valence-corrected chi connectivity index (χ3v) is 3.70. The van der Waals surface area contributed by atoms with Crippen LogP contribution in [0.2, 0.25) is 0 Å². The van der Waals surface area contributed by atoms with Gasteiger partial charge in [0, 0.05) is 0 Å². The lowest BCUT2D eigenvalue weighted by atomic mass is 9.72. The van der Waals surface area contributed by atoms with Crippen LogP contribution >= 0.6 is 0 Å². The van der Waals surface area contributed by atoms with Gasteiger partial charge in [0.1, 0.15) is 0 Å². The smallest absolute Gasteiger partial charge is 0.0386 e. The maximum absolute atomic E-state index is 2.45.